The molecule has 1 N–H and O–H groups in total. The summed E-state index contributed by atoms with van der Waals surface area (Å²) in [5, 5.41) is 0. The van der Waals surface area contributed by atoms with Gasteiger partial charge in [-0.2, -0.15) is 0 Å². The number of benzene rings is 1. The molecule has 1 aromatic carbocycles. The van der Waals surface area contributed by atoms with E-state index >= 15 is 0 Å². The highest BCUT2D eigenvalue weighted by Crippen LogP contribution is 2.20. The van der Waals surface area contributed by atoms with Crippen LogP contribution in [0.15, 0.2) is 18.2 Å². The van der Waals surface area contributed by atoms with Crippen LogP contribution in [0.1, 0.15) is 0 Å². The summed E-state index contributed by atoms with van der Waals surface area (Å²) in [6, 6.07) is 3.79. The zero-order valence-corrected chi connectivity index (χ0v) is 10.8. The Hall–Kier alpha value is -1.21. The number of nitrogens with zero attached hydrogens (tertiary/aromatic N) is 2. The molecule has 1 unspecified atom stereocenters. The van der Waals surface area contributed by atoms with Crippen molar-refractivity contribution in [2.45, 2.75) is 0 Å². The summed E-state index contributed by atoms with van der Waals surface area (Å²) >= 11 is 0. The normalized spacial score (nSPS) is 20.7. The second-order valence-electron chi connectivity index (χ2n) is 4.32. The van der Waals surface area contributed by atoms with Gasteiger partial charge >= 0.3 is 0 Å². The van der Waals surface area contributed by atoms with Crippen molar-refractivity contribution in [3.8, 4) is 0 Å². The van der Waals surface area contributed by atoms with Crippen LogP contribution in [0, 0.1) is 16.4 Å². The van der Waals surface area contributed by atoms with E-state index in [1.54, 1.807) is 4.31 Å². The first kappa shape index (κ1) is 13.2. The molecule has 100 valence electrons. The molecular formula is C11H15F2N3OS. The fourth-order valence-electron chi connectivity index (χ4n) is 1.98. The summed E-state index contributed by atoms with van der Waals surface area (Å²) in [6.07, 6.45) is 1.39. The van der Waals surface area contributed by atoms with Crippen molar-refractivity contribution in [2.75, 3.05) is 37.3 Å². The van der Waals surface area contributed by atoms with E-state index in [0.29, 0.717) is 31.9 Å². The van der Waals surface area contributed by atoms with Crippen LogP contribution in [-0.4, -0.2) is 40.9 Å². The highest BCUT2D eigenvalue weighted by atomic mass is 32.2. The maximum Gasteiger partial charge on any atom is 0.160 e. The molecule has 2 rings (SSSR count). The summed E-state index contributed by atoms with van der Waals surface area (Å²) in [4.78, 5) is 1.89. The van der Waals surface area contributed by atoms with E-state index in [-0.39, 0.29) is 0 Å². The molecule has 0 radical (unpaired) electrons. The Morgan fingerprint density at radius 3 is 2.28 bits per heavy atom. The van der Waals surface area contributed by atoms with Gasteiger partial charge in [-0.05, 0) is 12.1 Å². The molecule has 0 aromatic heterocycles. The molecule has 1 aliphatic heterocycles. The molecule has 1 aliphatic rings. The Morgan fingerprint density at radius 2 is 1.78 bits per heavy atom. The van der Waals surface area contributed by atoms with Gasteiger partial charge in [0.1, 0.15) is 9.92 Å². The Kier molecular flexibility index (Phi) is 3.54. The third kappa shape index (κ3) is 2.78. The molecule has 1 heterocycles. The monoisotopic (exact) mass is 275 g/mol. The maximum absolute atomic E-state index is 13.1. The number of piperazine rings is 1. The van der Waals surface area contributed by atoms with E-state index in [4.69, 9.17) is 4.78 Å². The largest absolute Gasteiger partial charge is 0.369 e. The first-order valence-corrected chi connectivity index (χ1v) is 7.49. The van der Waals surface area contributed by atoms with Crippen molar-refractivity contribution >= 4 is 15.6 Å². The minimum atomic E-state index is -2.67. The summed E-state index contributed by atoms with van der Waals surface area (Å²) < 4.78 is 46.6. The zero-order valence-electron chi connectivity index (χ0n) is 10.0. The number of halogens is 2. The maximum atomic E-state index is 13.1. The molecule has 1 aromatic rings. The Balaban J connectivity index is 2.08. The lowest BCUT2D eigenvalue weighted by Gasteiger charge is -2.35. The first-order valence-electron chi connectivity index (χ1n) is 5.57. The van der Waals surface area contributed by atoms with E-state index in [9.17, 15) is 13.0 Å². The molecule has 0 bridgehead atoms. The number of nitrogens with one attached hydrogen (secondary N) is 1. The third-order valence-electron chi connectivity index (χ3n) is 3.00. The molecule has 0 spiro atoms. The fraction of sp³-hybridized carbons (Fsp3) is 0.455. The summed E-state index contributed by atoms with van der Waals surface area (Å²) in [6.45, 7) is 2.07. The van der Waals surface area contributed by atoms with Crippen LogP contribution in [0.25, 0.3) is 0 Å². The first-order chi connectivity index (χ1) is 8.38. The minimum Gasteiger partial charge on any atom is -0.369 e. The highest BCUT2D eigenvalue weighted by Gasteiger charge is 2.22. The quantitative estimate of drug-likeness (QED) is 0.892. The van der Waals surface area contributed by atoms with Gasteiger partial charge in [0.2, 0.25) is 0 Å². The van der Waals surface area contributed by atoms with Crippen LogP contribution in [0.2, 0.25) is 0 Å². The van der Waals surface area contributed by atoms with Crippen molar-refractivity contribution in [3.63, 3.8) is 0 Å². The fourth-order valence-corrected chi connectivity index (χ4v) is 2.84. The summed E-state index contributed by atoms with van der Waals surface area (Å²) in [7, 11) is -2.67. The van der Waals surface area contributed by atoms with Gasteiger partial charge in [0.15, 0.2) is 11.6 Å². The number of hydrogen-bond acceptors (Lipinski definition) is 3. The van der Waals surface area contributed by atoms with Gasteiger partial charge in [-0.3, -0.25) is 0 Å². The third-order valence-corrected chi connectivity index (χ3v) is 4.35. The van der Waals surface area contributed by atoms with Gasteiger partial charge in [0, 0.05) is 44.2 Å². The molecule has 1 fully saturated rings. The van der Waals surface area contributed by atoms with Crippen LogP contribution >= 0.6 is 0 Å². The lowest BCUT2D eigenvalue weighted by atomic mass is 10.2. The molecule has 4 nitrogen and oxygen atoms in total. The Labute approximate surface area is 105 Å². The predicted octanol–water partition coefficient (Wildman–Crippen LogP) is 1.68. The highest BCUT2D eigenvalue weighted by molar-refractivity contribution is 7.89. The molecule has 1 atom stereocenters. The number of rotatable bonds is 2. The topological polar surface area (TPSA) is 47.4 Å². The Bertz CT molecular complexity index is 539. The van der Waals surface area contributed by atoms with Gasteiger partial charge in [-0.25, -0.2) is 22.1 Å². The second kappa shape index (κ2) is 4.81. The molecule has 0 saturated carbocycles. The van der Waals surface area contributed by atoms with Gasteiger partial charge in [0.25, 0.3) is 0 Å². The lowest BCUT2D eigenvalue weighted by Crippen LogP contribution is -2.48. The predicted molar refractivity (Wildman–Crippen MR) is 66.9 cm³/mol. The van der Waals surface area contributed by atoms with Crippen LogP contribution in [0.4, 0.5) is 14.5 Å². The van der Waals surface area contributed by atoms with Gasteiger partial charge in [-0.1, -0.05) is 0 Å². The van der Waals surface area contributed by atoms with E-state index in [1.165, 1.54) is 12.3 Å². The average Bonchev–Trinajstić information content (AvgIpc) is 2.32. The molecule has 7 heteroatoms. The van der Waals surface area contributed by atoms with Crippen molar-refractivity contribution < 1.29 is 13.0 Å². The molecule has 0 amide bonds. The van der Waals surface area contributed by atoms with Crippen LogP contribution < -0.4 is 4.90 Å². The molecule has 0 aliphatic carbocycles. The minimum absolute atomic E-state index is 0.484. The van der Waals surface area contributed by atoms with Crippen molar-refractivity contribution in [1.29, 1.82) is 4.78 Å². The smallest absolute Gasteiger partial charge is 0.160 e. The van der Waals surface area contributed by atoms with Gasteiger partial charge in [-0.15, -0.1) is 0 Å². The van der Waals surface area contributed by atoms with Gasteiger partial charge < -0.3 is 4.90 Å². The van der Waals surface area contributed by atoms with Crippen LogP contribution in [-0.2, 0) is 9.92 Å². The van der Waals surface area contributed by atoms with Crippen LogP contribution in [0.5, 0.6) is 0 Å². The SMILES string of the molecule is CS(=N)(=O)N1CCN(c2ccc(F)c(F)c2)CC1. The second-order valence-corrected chi connectivity index (χ2v) is 6.44. The van der Waals surface area contributed by atoms with Crippen molar-refractivity contribution in [3.05, 3.63) is 29.8 Å². The van der Waals surface area contributed by atoms with Crippen molar-refractivity contribution in [2.24, 2.45) is 0 Å². The van der Waals surface area contributed by atoms with Crippen molar-refractivity contribution in [1.82, 2.24) is 4.31 Å². The van der Waals surface area contributed by atoms with E-state index < -0.39 is 21.5 Å². The van der Waals surface area contributed by atoms with E-state index in [1.807, 2.05) is 4.90 Å². The average molecular weight is 275 g/mol. The van der Waals surface area contributed by atoms with Crippen LogP contribution in [0.3, 0.4) is 0 Å². The number of anilines is 1. The Morgan fingerprint density at radius 1 is 1.17 bits per heavy atom. The lowest BCUT2D eigenvalue weighted by molar-refractivity contribution is 0.406. The van der Waals surface area contributed by atoms with E-state index in [0.717, 1.165) is 12.1 Å². The summed E-state index contributed by atoms with van der Waals surface area (Å²) in [5.74, 6) is -1.73. The van der Waals surface area contributed by atoms with Gasteiger partial charge in [0.05, 0.1) is 0 Å². The standard InChI is InChI=1S/C11H15F2N3OS/c1-18(14,17)16-6-4-15(5-7-16)9-2-3-10(12)11(13)8-9/h2-3,8,14H,4-7H2,1H3. The number of hydrogen-bond donors (Lipinski definition) is 1. The zero-order chi connectivity index (χ0) is 13.3. The summed E-state index contributed by atoms with van der Waals surface area (Å²) in [5.41, 5.74) is 0.612. The molecule has 18 heavy (non-hydrogen) atoms. The molecule has 1 saturated heterocycles. The molecular weight excluding hydrogens is 260 g/mol. The van der Waals surface area contributed by atoms with E-state index in [2.05, 4.69) is 0 Å².